The van der Waals surface area contributed by atoms with Crippen molar-refractivity contribution in [1.82, 2.24) is 0 Å². The first-order valence-corrected chi connectivity index (χ1v) is 8.56. The van der Waals surface area contributed by atoms with Gasteiger partial charge in [0, 0.05) is 15.4 Å². The first kappa shape index (κ1) is 15.1. The van der Waals surface area contributed by atoms with Gasteiger partial charge in [0.2, 0.25) is 0 Å². The third-order valence-corrected chi connectivity index (χ3v) is 4.78. The van der Waals surface area contributed by atoms with Crippen molar-refractivity contribution in [3.05, 3.63) is 62.5 Å². The Morgan fingerprint density at radius 3 is 2.62 bits per heavy atom. The van der Waals surface area contributed by atoms with Crippen molar-refractivity contribution in [2.75, 3.05) is 13.2 Å². The molecule has 0 amide bonds. The summed E-state index contributed by atoms with van der Waals surface area (Å²) in [5, 5.41) is 0. The average molecular weight is 412 g/mol. The Labute approximate surface area is 141 Å². The van der Waals surface area contributed by atoms with E-state index >= 15 is 0 Å². The van der Waals surface area contributed by atoms with Crippen molar-refractivity contribution in [1.29, 1.82) is 0 Å². The molecular weight excluding hydrogens is 396 g/mol. The minimum absolute atomic E-state index is 0.204. The molecule has 1 aliphatic heterocycles. The summed E-state index contributed by atoms with van der Waals surface area (Å²) in [7, 11) is 0. The fourth-order valence-electron chi connectivity index (χ4n) is 2.38. The molecule has 0 saturated carbocycles. The van der Waals surface area contributed by atoms with Crippen molar-refractivity contribution >= 4 is 31.9 Å². The van der Waals surface area contributed by atoms with Crippen molar-refractivity contribution in [3.8, 4) is 5.75 Å². The second-order valence-corrected chi connectivity index (χ2v) is 6.93. The average Bonchev–Trinajstić information content (AvgIpc) is 2.98. The van der Waals surface area contributed by atoms with Crippen LogP contribution in [0.3, 0.4) is 0 Å². The summed E-state index contributed by atoms with van der Waals surface area (Å²) in [6.07, 6.45) is 2.08. The molecule has 0 spiro atoms. The van der Waals surface area contributed by atoms with Crippen LogP contribution >= 0.6 is 31.9 Å². The van der Waals surface area contributed by atoms with Gasteiger partial charge in [0.15, 0.2) is 0 Å². The van der Waals surface area contributed by atoms with E-state index in [4.69, 9.17) is 9.47 Å². The third kappa shape index (κ3) is 4.09. The van der Waals surface area contributed by atoms with Crippen LogP contribution < -0.4 is 4.74 Å². The molecule has 1 saturated heterocycles. The molecule has 1 fully saturated rings. The monoisotopic (exact) mass is 410 g/mol. The van der Waals surface area contributed by atoms with Gasteiger partial charge in [-0.3, -0.25) is 0 Å². The Morgan fingerprint density at radius 2 is 1.90 bits per heavy atom. The first-order valence-electron chi connectivity index (χ1n) is 6.98. The number of rotatable bonds is 4. The van der Waals surface area contributed by atoms with Crippen molar-refractivity contribution < 1.29 is 9.47 Å². The molecular formula is C17H16Br2O2. The zero-order chi connectivity index (χ0) is 14.7. The minimum atomic E-state index is 0.204. The van der Waals surface area contributed by atoms with Gasteiger partial charge in [-0.05, 0) is 47.9 Å². The Hall–Kier alpha value is -0.840. The smallest absolute Gasteiger partial charge is 0.124 e. The highest BCUT2D eigenvalue weighted by molar-refractivity contribution is 9.11. The van der Waals surface area contributed by atoms with E-state index in [0.29, 0.717) is 6.61 Å². The Bertz CT molecular complexity index is 605. The van der Waals surface area contributed by atoms with Crippen LogP contribution in [0.5, 0.6) is 5.75 Å². The summed E-state index contributed by atoms with van der Waals surface area (Å²) in [4.78, 5) is 0. The molecule has 21 heavy (non-hydrogen) atoms. The van der Waals surface area contributed by atoms with Crippen LogP contribution in [-0.4, -0.2) is 19.3 Å². The van der Waals surface area contributed by atoms with Crippen LogP contribution in [0, 0.1) is 0 Å². The molecule has 1 aliphatic rings. The molecule has 1 heterocycles. The maximum atomic E-state index is 5.88. The van der Waals surface area contributed by atoms with E-state index in [-0.39, 0.29) is 6.10 Å². The Kier molecular flexibility index (Phi) is 4.99. The molecule has 0 aliphatic carbocycles. The van der Waals surface area contributed by atoms with Gasteiger partial charge in [-0.15, -0.1) is 0 Å². The minimum Gasteiger partial charge on any atom is -0.488 e. The summed E-state index contributed by atoms with van der Waals surface area (Å²) >= 11 is 7.12. The Balaban J connectivity index is 1.67. The molecule has 0 bridgehead atoms. The van der Waals surface area contributed by atoms with Gasteiger partial charge in [-0.25, -0.2) is 0 Å². The van der Waals surface area contributed by atoms with Crippen LogP contribution in [0.1, 0.15) is 17.5 Å². The molecule has 0 unspecified atom stereocenters. The fourth-order valence-corrected chi connectivity index (χ4v) is 3.18. The number of ether oxygens (including phenoxy) is 2. The normalized spacial score (nSPS) is 17.9. The summed E-state index contributed by atoms with van der Waals surface area (Å²) in [5.74, 6) is 0.919. The van der Waals surface area contributed by atoms with E-state index in [9.17, 15) is 0 Å². The molecule has 2 aromatic carbocycles. The van der Waals surface area contributed by atoms with Crippen molar-refractivity contribution in [2.24, 2.45) is 0 Å². The zero-order valence-electron chi connectivity index (χ0n) is 11.5. The molecule has 110 valence electrons. The molecule has 1 atom stereocenters. The van der Waals surface area contributed by atoms with Crippen molar-refractivity contribution in [3.63, 3.8) is 0 Å². The lowest BCUT2D eigenvalue weighted by Gasteiger charge is -2.12. The van der Waals surface area contributed by atoms with Gasteiger partial charge >= 0.3 is 0 Å². The van der Waals surface area contributed by atoms with E-state index in [1.54, 1.807) is 0 Å². The van der Waals surface area contributed by atoms with E-state index in [0.717, 1.165) is 34.1 Å². The predicted molar refractivity (Wildman–Crippen MR) is 90.9 cm³/mol. The van der Waals surface area contributed by atoms with E-state index in [2.05, 4.69) is 56.1 Å². The molecule has 0 N–H and O–H groups in total. The maximum Gasteiger partial charge on any atom is 0.124 e. The SMILES string of the molecule is Brc1ccc(Br)c(Cc2ccc(O[C@@H]3CCOC3)cc2)c1. The topological polar surface area (TPSA) is 18.5 Å². The first-order chi connectivity index (χ1) is 10.2. The highest BCUT2D eigenvalue weighted by Crippen LogP contribution is 2.25. The van der Waals surface area contributed by atoms with Crippen LogP contribution in [0.15, 0.2) is 51.4 Å². The Morgan fingerprint density at radius 1 is 1.10 bits per heavy atom. The van der Waals surface area contributed by atoms with Gasteiger partial charge in [0.25, 0.3) is 0 Å². The number of hydrogen-bond donors (Lipinski definition) is 0. The number of hydrogen-bond acceptors (Lipinski definition) is 2. The zero-order valence-corrected chi connectivity index (χ0v) is 14.7. The van der Waals surface area contributed by atoms with Crippen LogP contribution in [0.4, 0.5) is 0 Å². The number of halogens is 2. The van der Waals surface area contributed by atoms with E-state index < -0.39 is 0 Å². The molecule has 3 rings (SSSR count). The van der Waals surface area contributed by atoms with Crippen molar-refractivity contribution in [2.45, 2.75) is 18.9 Å². The quantitative estimate of drug-likeness (QED) is 0.706. The lowest BCUT2D eigenvalue weighted by Crippen LogP contribution is -2.15. The molecule has 4 heteroatoms. The fraction of sp³-hybridized carbons (Fsp3) is 0.294. The second-order valence-electron chi connectivity index (χ2n) is 5.16. The molecule has 2 aromatic rings. The van der Waals surface area contributed by atoms with Crippen LogP contribution in [-0.2, 0) is 11.2 Å². The lowest BCUT2D eigenvalue weighted by atomic mass is 10.1. The molecule has 0 radical (unpaired) electrons. The van der Waals surface area contributed by atoms with E-state index in [1.807, 2.05) is 18.2 Å². The maximum absolute atomic E-state index is 5.88. The summed E-state index contributed by atoms with van der Waals surface area (Å²) < 4.78 is 13.4. The highest BCUT2D eigenvalue weighted by atomic mass is 79.9. The standard InChI is InChI=1S/C17H16Br2O2/c18-14-3-6-17(19)13(10-14)9-12-1-4-15(5-2-12)21-16-7-8-20-11-16/h1-6,10,16H,7-9,11H2/t16-/m1/s1. The second kappa shape index (κ2) is 6.95. The summed E-state index contributed by atoms with van der Waals surface area (Å²) in [6.45, 7) is 1.51. The van der Waals surface area contributed by atoms with Crippen LogP contribution in [0.2, 0.25) is 0 Å². The van der Waals surface area contributed by atoms with E-state index in [1.165, 1.54) is 11.1 Å². The molecule has 0 aromatic heterocycles. The van der Waals surface area contributed by atoms with Crippen LogP contribution in [0.25, 0.3) is 0 Å². The van der Waals surface area contributed by atoms with Gasteiger partial charge < -0.3 is 9.47 Å². The van der Waals surface area contributed by atoms with Gasteiger partial charge in [-0.2, -0.15) is 0 Å². The van der Waals surface area contributed by atoms with Gasteiger partial charge in [0.05, 0.1) is 13.2 Å². The predicted octanol–water partition coefficient (Wildman–Crippen LogP) is 4.97. The molecule has 2 nitrogen and oxygen atoms in total. The van der Waals surface area contributed by atoms with Gasteiger partial charge in [0.1, 0.15) is 11.9 Å². The van der Waals surface area contributed by atoms with Gasteiger partial charge in [-0.1, -0.05) is 44.0 Å². The summed E-state index contributed by atoms with van der Waals surface area (Å²) in [6, 6.07) is 14.6. The summed E-state index contributed by atoms with van der Waals surface area (Å²) in [5.41, 5.74) is 2.53. The third-order valence-electron chi connectivity index (χ3n) is 3.52. The number of benzene rings is 2. The largest absolute Gasteiger partial charge is 0.488 e. The lowest BCUT2D eigenvalue weighted by molar-refractivity contribution is 0.141. The highest BCUT2D eigenvalue weighted by Gasteiger charge is 2.16.